The van der Waals surface area contributed by atoms with E-state index < -0.39 is 0 Å². The number of pyridine rings is 1. The number of rotatable bonds is 5. The lowest BCUT2D eigenvalue weighted by Gasteiger charge is -2.28. The van der Waals surface area contributed by atoms with Crippen LogP contribution in [0.15, 0.2) is 42.7 Å². The van der Waals surface area contributed by atoms with E-state index in [-0.39, 0.29) is 17.8 Å². The Morgan fingerprint density at radius 1 is 1.32 bits per heavy atom. The molecule has 3 aromatic rings. The molecule has 1 fully saturated rings. The lowest BCUT2D eigenvalue weighted by Crippen LogP contribution is -2.23. The summed E-state index contributed by atoms with van der Waals surface area (Å²) in [6, 6.07) is 8.51. The van der Waals surface area contributed by atoms with Crippen molar-refractivity contribution in [2.75, 3.05) is 25.2 Å². The number of hydrogen-bond acceptors (Lipinski definition) is 5. The van der Waals surface area contributed by atoms with Crippen molar-refractivity contribution in [1.29, 1.82) is 0 Å². The summed E-state index contributed by atoms with van der Waals surface area (Å²) in [6.45, 7) is 2.92. The first-order valence-corrected chi connectivity index (χ1v) is 9.37. The molecule has 0 saturated carbocycles. The van der Waals surface area contributed by atoms with Crippen LogP contribution in [-0.4, -0.2) is 35.8 Å². The first kappa shape index (κ1) is 18.3. The molecular formula is C21H22FN3O3. The normalized spacial score (nSPS) is 16.5. The van der Waals surface area contributed by atoms with Crippen molar-refractivity contribution >= 4 is 17.2 Å². The van der Waals surface area contributed by atoms with E-state index in [0.717, 1.165) is 30.6 Å². The zero-order chi connectivity index (χ0) is 19.7. The number of hydrogen-bond donors (Lipinski definition) is 0. The summed E-state index contributed by atoms with van der Waals surface area (Å²) in [6.07, 6.45) is 5.23. The van der Waals surface area contributed by atoms with Gasteiger partial charge < -0.3 is 14.4 Å². The largest absolute Gasteiger partial charge is 0.496 e. The monoisotopic (exact) mass is 383 g/mol. The van der Waals surface area contributed by atoms with E-state index in [4.69, 9.17) is 9.47 Å². The Kier molecular flexibility index (Phi) is 4.90. The van der Waals surface area contributed by atoms with Crippen LogP contribution in [0.3, 0.4) is 0 Å². The molecule has 0 amide bonds. The first-order chi connectivity index (χ1) is 13.6. The van der Waals surface area contributed by atoms with Crippen LogP contribution in [0.5, 0.6) is 5.75 Å². The second-order valence-electron chi connectivity index (χ2n) is 6.73. The lowest BCUT2D eigenvalue weighted by atomic mass is 10.0. The van der Waals surface area contributed by atoms with Gasteiger partial charge in [-0.05, 0) is 50.1 Å². The highest BCUT2D eigenvalue weighted by atomic mass is 19.1. The number of carbonyl (C=O) groups is 1. The molecular weight excluding hydrogens is 361 g/mol. The number of fused-ring (bicyclic) bond motifs is 1. The molecule has 1 aliphatic heterocycles. The molecule has 0 N–H and O–H groups in total. The highest BCUT2D eigenvalue weighted by Crippen LogP contribution is 2.40. The summed E-state index contributed by atoms with van der Waals surface area (Å²) in [5, 5.41) is 4.23. The van der Waals surface area contributed by atoms with Crippen LogP contribution in [0.2, 0.25) is 0 Å². The smallest absolute Gasteiger partial charge is 0.341 e. The van der Waals surface area contributed by atoms with Crippen molar-refractivity contribution in [3.8, 4) is 5.75 Å². The molecule has 0 radical (unpaired) electrons. The SMILES string of the molecule is CCOC(=O)c1cnn2ccc(N3CCCC3c3cc(F)ccc3OC)cc12. The van der Waals surface area contributed by atoms with Gasteiger partial charge in [0.05, 0.1) is 31.5 Å². The maximum Gasteiger partial charge on any atom is 0.341 e. The Morgan fingerprint density at radius 2 is 2.18 bits per heavy atom. The number of methoxy groups -OCH3 is 1. The van der Waals surface area contributed by atoms with Crippen molar-refractivity contribution in [3.63, 3.8) is 0 Å². The summed E-state index contributed by atoms with van der Waals surface area (Å²) in [7, 11) is 1.60. The molecule has 4 rings (SSSR count). The Balaban J connectivity index is 1.74. The molecule has 3 heterocycles. The number of nitrogens with zero attached hydrogens (tertiary/aromatic N) is 3. The van der Waals surface area contributed by atoms with E-state index in [1.165, 1.54) is 12.3 Å². The molecule has 28 heavy (non-hydrogen) atoms. The molecule has 1 unspecified atom stereocenters. The highest BCUT2D eigenvalue weighted by molar-refractivity contribution is 5.97. The van der Waals surface area contributed by atoms with Gasteiger partial charge >= 0.3 is 5.97 Å². The predicted octanol–water partition coefficient (Wildman–Crippen LogP) is 4.00. The second kappa shape index (κ2) is 7.50. The summed E-state index contributed by atoms with van der Waals surface area (Å²) in [4.78, 5) is 14.4. The topological polar surface area (TPSA) is 56.1 Å². The average Bonchev–Trinajstić information content (AvgIpc) is 3.34. The van der Waals surface area contributed by atoms with E-state index in [9.17, 15) is 9.18 Å². The maximum absolute atomic E-state index is 13.9. The zero-order valence-corrected chi connectivity index (χ0v) is 15.9. The van der Waals surface area contributed by atoms with Gasteiger partial charge in [-0.15, -0.1) is 0 Å². The van der Waals surface area contributed by atoms with Gasteiger partial charge in [-0.1, -0.05) is 0 Å². The fourth-order valence-corrected chi connectivity index (χ4v) is 3.88. The summed E-state index contributed by atoms with van der Waals surface area (Å²) in [5.74, 6) is 0.00820. The minimum absolute atomic E-state index is 0.00191. The molecule has 1 aromatic carbocycles. The van der Waals surface area contributed by atoms with Crippen molar-refractivity contribution in [3.05, 3.63) is 59.7 Å². The number of aromatic nitrogens is 2. The van der Waals surface area contributed by atoms with E-state index in [1.807, 2.05) is 18.3 Å². The molecule has 0 spiro atoms. The van der Waals surface area contributed by atoms with Crippen LogP contribution in [-0.2, 0) is 4.74 Å². The Bertz CT molecular complexity index is 1020. The van der Waals surface area contributed by atoms with Gasteiger partial charge in [0.25, 0.3) is 0 Å². The van der Waals surface area contributed by atoms with E-state index >= 15 is 0 Å². The van der Waals surface area contributed by atoms with E-state index in [2.05, 4.69) is 10.00 Å². The fraction of sp³-hybridized carbons (Fsp3) is 0.333. The second-order valence-corrected chi connectivity index (χ2v) is 6.73. The third kappa shape index (κ3) is 3.17. The zero-order valence-electron chi connectivity index (χ0n) is 15.9. The predicted molar refractivity (Wildman–Crippen MR) is 103 cm³/mol. The summed E-state index contributed by atoms with van der Waals surface area (Å²) < 4.78 is 26.2. The Hall–Kier alpha value is -3.09. The quantitative estimate of drug-likeness (QED) is 0.624. The number of anilines is 1. The van der Waals surface area contributed by atoms with Gasteiger partial charge in [0, 0.05) is 24.0 Å². The average molecular weight is 383 g/mol. The van der Waals surface area contributed by atoms with Crippen LogP contribution in [0, 0.1) is 5.82 Å². The van der Waals surface area contributed by atoms with Crippen LogP contribution in [0.25, 0.3) is 5.52 Å². The maximum atomic E-state index is 13.9. The van der Waals surface area contributed by atoms with Crippen LogP contribution < -0.4 is 9.64 Å². The van der Waals surface area contributed by atoms with Gasteiger partial charge in [0.1, 0.15) is 17.1 Å². The van der Waals surface area contributed by atoms with Crippen molar-refractivity contribution in [1.82, 2.24) is 9.61 Å². The number of halogens is 1. The minimum Gasteiger partial charge on any atom is -0.496 e. The fourth-order valence-electron chi connectivity index (χ4n) is 3.88. The third-order valence-corrected chi connectivity index (χ3v) is 5.14. The molecule has 0 bridgehead atoms. The molecule has 1 aliphatic rings. The summed E-state index contributed by atoms with van der Waals surface area (Å²) >= 11 is 0. The standard InChI is InChI=1S/C21H22FN3O3/c1-3-28-21(26)17-13-23-25-10-8-15(12-19(17)25)24-9-4-5-18(24)16-11-14(22)6-7-20(16)27-2/h6-8,10-13,18H,3-5,9H2,1-2H3. The third-order valence-electron chi connectivity index (χ3n) is 5.14. The molecule has 1 atom stereocenters. The highest BCUT2D eigenvalue weighted by Gasteiger charge is 2.29. The van der Waals surface area contributed by atoms with Crippen molar-refractivity contribution in [2.45, 2.75) is 25.8 Å². The first-order valence-electron chi connectivity index (χ1n) is 9.37. The van der Waals surface area contributed by atoms with Crippen molar-refractivity contribution in [2.24, 2.45) is 0 Å². The van der Waals surface area contributed by atoms with Crippen molar-refractivity contribution < 1.29 is 18.7 Å². The van der Waals surface area contributed by atoms with E-state index in [0.29, 0.717) is 23.4 Å². The molecule has 6 nitrogen and oxygen atoms in total. The van der Waals surface area contributed by atoms with Gasteiger partial charge in [0.15, 0.2) is 0 Å². The Morgan fingerprint density at radius 3 is 2.96 bits per heavy atom. The number of esters is 1. The summed E-state index contributed by atoms with van der Waals surface area (Å²) in [5.41, 5.74) is 2.90. The Labute approximate surface area is 162 Å². The van der Waals surface area contributed by atoms with E-state index in [1.54, 1.807) is 30.7 Å². The lowest BCUT2D eigenvalue weighted by molar-refractivity contribution is 0.0528. The molecule has 0 aliphatic carbocycles. The molecule has 146 valence electrons. The van der Waals surface area contributed by atoms with Crippen LogP contribution in [0.4, 0.5) is 10.1 Å². The number of benzene rings is 1. The number of ether oxygens (including phenoxy) is 2. The molecule has 2 aromatic heterocycles. The van der Waals surface area contributed by atoms with Gasteiger partial charge in [-0.25, -0.2) is 13.7 Å². The van der Waals surface area contributed by atoms with Crippen LogP contribution >= 0.6 is 0 Å². The minimum atomic E-state index is -0.389. The van der Waals surface area contributed by atoms with Gasteiger partial charge in [0.2, 0.25) is 0 Å². The van der Waals surface area contributed by atoms with Gasteiger partial charge in [-0.2, -0.15) is 5.10 Å². The molecule has 1 saturated heterocycles. The van der Waals surface area contributed by atoms with Crippen LogP contribution in [0.1, 0.15) is 41.7 Å². The molecule has 7 heteroatoms. The van der Waals surface area contributed by atoms with Gasteiger partial charge in [-0.3, -0.25) is 0 Å². The number of carbonyl (C=O) groups excluding carboxylic acids is 1.